The van der Waals surface area contributed by atoms with Gasteiger partial charge in [-0.3, -0.25) is 14.9 Å². The Morgan fingerprint density at radius 1 is 1.44 bits per heavy atom. The number of rotatable bonds is 6. The zero-order chi connectivity index (χ0) is 18.6. The first-order valence-corrected chi connectivity index (χ1v) is 8.03. The third kappa shape index (κ3) is 4.43. The molecule has 2 aromatic rings. The van der Waals surface area contributed by atoms with Gasteiger partial charge in [-0.25, -0.2) is 4.79 Å². The number of ether oxygens (including phenoxy) is 1. The first-order valence-electron chi connectivity index (χ1n) is 6.88. The lowest BCUT2D eigenvalue weighted by molar-refractivity contribution is -0.383. The predicted molar refractivity (Wildman–Crippen MR) is 93.4 cm³/mol. The van der Waals surface area contributed by atoms with Crippen molar-refractivity contribution in [1.29, 1.82) is 0 Å². The highest BCUT2D eigenvalue weighted by Crippen LogP contribution is 2.28. The normalized spacial score (nSPS) is 10.2. The van der Waals surface area contributed by atoms with Crippen molar-refractivity contribution in [2.45, 2.75) is 6.92 Å². The van der Waals surface area contributed by atoms with Crippen LogP contribution in [0, 0.1) is 17.0 Å². The van der Waals surface area contributed by atoms with E-state index in [9.17, 15) is 19.7 Å². The van der Waals surface area contributed by atoms with Crippen LogP contribution in [0.5, 0.6) is 0 Å². The van der Waals surface area contributed by atoms with Crippen LogP contribution < -0.4 is 10.6 Å². The number of halogens is 1. The Bertz CT molecular complexity index is 839. The second-order valence-electron chi connectivity index (χ2n) is 4.76. The van der Waals surface area contributed by atoms with E-state index in [1.165, 1.54) is 18.2 Å². The van der Waals surface area contributed by atoms with Gasteiger partial charge in [0.2, 0.25) is 0 Å². The van der Waals surface area contributed by atoms with Crippen LogP contribution in [0.3, 0.4) is 0 Å². The molecule has 0 aliphatic rings. The van der Waals surface area contributed by atoms with E-state index in [1.807, 2.05) is 0 Å². The molecule has 9 nitrogen and oxygen atoms in total. The molecule has 0 aliphatic carbocycles. The van der Waals surface area contributed by atoms with Crippen molar-refractivity contribution in [2.75, 3.05) is 24.3 Å². The monoisotopic (exact) mass is 384 g/mol. The van der Waals surface area contributed by atoms with Gasteiger partial charge in [0.25, 0.3) is 11.6 Å². The molecule has 0 aliphatic heterocycles. The summed E-state index contributed by atoms with van der Waals surface area (Å²) >= 11 is 6.87. The van der Waals surface area contributed by atoms with E-state index in [2.05, 4.69) is 15.0 Å². The third-order valence-corrected chi connectivity index (χ3v) is 4.25. The lowest BCUT2D eigenvalue weighted by Crippen LogP contribution is -2.21. The molecule has 0 unspecified atom stereocenters. The van der Waals surface area contributed by atoms with E-state index in [1.54, 1.807) is 14.0 Å². The quantitative estimate of drug-likeness (QED) is 0.445. The van der Waals surface area contributed by atoms with Gasteiger partial charge >= 0.3 is 5.97 Å². The first kappa shape index (κ1) is 18.6. The number of nitro benzene ring substituents is 1. The van der Waals surface area contributed by atoms with Crippen molar-refractivity contribution >= 4 is 51.4 Å². The molecule has 0 saturated carbocycles. The van der Waals surface area contributed by atoms with Crippen molar-refractivity contribution in [3.63, 3.8) is 0 Å². The molecule has 1 amide bonds. The second-order valence-corrected chi connectivity index (χ2v) is 5.97. The summed E-state index contributed by atoms with van der Waals surface area (Å²) in [5, 5.41) is 16.8. The summed E-state index contributed by atoms with van der Waals surface area (Å²) in [7, 11) is 1.63. The highest BCUT2D eigenvalue weighted by molar-refractivity contribution is 7.10. The van der Waals surface area contributed by atoms with Gasteiger partial charge in [-0.2, -0.15) is 4.37 Å². The number of aromatic nitrogens is 1. The van der Waals surface area contributed by atoms with Crippen molar-refractivity contribution in [1.82, 2.24) is 4.37 Å². The topological polar surface area (TPSA) is 123 Å². The molecule has 132 valence electrons. The molecule has 1 heterocycles. The number of benzene rings is 1. The molecule has 2 rings (SSSR count). The number of nitrogens with zero attached hydrogens (tertiary/aromatic N) is 2. The Balaban J connectivity index is 2.04. The summed E-state index contributed by atoms with van der Waals surface area (Å²) < 4.78 is 8.98. The van der Waals surface area contributed by atoms with Crippen LogP contribution in [0.1, 0.15) is 16.1 Å². The summed E-state index contributed by atoms with van der Waals surface area (Å²) in [5.74, 6) is -1.45. The number of nitrogens with one attached hydrogen (secondary N) is 2. The van der Waals surface area contributed by atoms with Crippen LogP contribution in [-0.4, -0.2) is 34.8 Å². The van der Waals surface area contributed by atoms with Crippen LogP contribution >= 0.6 is 23.1 Å². The van der Waals surface area contributed by atoms with E-state index in [0.717, 1.165) is 11.5 Å². The number of nitro groups is 1. The molecule has 11 heteroatoms. The SMILES string of the molecule is CNc1snc(C)c1C(=O)OCC(=O)Nc1cc(Cl)ccc1[N+](=O)[O-]. The summed E-state index contributed by atoms with van der Waals surface area (Å²) in [5.41, 5.74) is 0.321. The van der Waals surface area contributed by atoms with Gasteiger partial charge in [-0.1, -0.05) is 11.6 Å². The summed E-state index contributed by atoms with van der Waals surface area (Å²) in [6, 6.07) is 3.75. The standard InChI is InChI=1S/C14H13ClN4O5S/c1-7-12(13(16-2)25-18-7)14(21)24-6-11(20)17-9-5-8(15)3-4-10(9)19(22)23/h3-5,16H,6H2,1-2H3,(H,17,20). The van der Waals surface area contributed by atoms with Crippen LogP contribution in [0.4, 0.5) is 16.4 Å². The van der Waals surface area contributed by atoms with Crippen molar-refractivity contribution in [3.8, 4) is 0 Å². The molecule has 0 fully saturated rings. The molecule has 0 radical (unpaired) electrons. The second kappa shape index (κ2) is 7.90. The Kier molecular flexibility index (Phi) is 5.88. The van der Waals surface area contributed by atoms with Crippen LogP contribution in [0.2, 0.25) is 5.02 Å². The lowest BCUT2D eigenvalue weighted by atomic mass is 10.2. The Morgan fingerprint density at radius 3 is 2.80 bits per heavy atom. The molecular formula is C14H13ClN4O5S. The fraction of sp³-hybridized carbons (Fsp3) is 0.214. The maximum absolute atomic E-state index is 12.1. The van der Waals surface area contributed by atoms with Gasteiger partial charge in [-0.05, 0) is 30.6 Å². The van der Waals surface area contributed by atoms with E-state index in [4.69, 9.17) is 16.3 Å². The van der Waals surface area contributed by atoms with Gasteiger partial charge in [0.15, 0.2) is 6.61 Å². The van der Waals surface area contributed by atoms with E-state index in [0.29, 0.717) is 10.7 Å². The number of hydrogen-bond acceptors (Lipinski definition) is 8. The third-order valence-electron chi connectivity index (χ3n) is 3.06. The predicted octanol–water partition coefficient (Wildman–Crippen LogP) is 2.85. The number of carbonyl (C=O) groups is 2. The number of amides is 1. The van der Waals surface area contributed by atoms with Gasteiger partial charge in [0.1, 0.15) is 16.3 Å². The first-order chi connectivity index (χ1) is 11.8. The molecule has 0 bridgehead atoms. The minimum absolute atomic E-state index is 0.0807. The number of anilines is 2. The Labute approximate surface area is 151 Å². The molecule has 1 aromatic carbocycles. The van der Waals surface area contributed by atoms with Gasteiger partial charge in [0, 0.05) is 18.1 Å². The zero-order valence-corrected chi connectivity index (χ0v) is 14.7. The molecule has 0 saturated heterocycles. The fourth-order valence-corrected chi connectivity index (χ4v) is 2.84. The highest BCUT2D eigenvalue weighted by Gasteiger charge is 2.21. The zero-order valence-electron chi connectivity index (χ0n) is 13.2. The lowest BCUT2D eigenvalue weighted by Gasteiger charge is -2.08. The molecule has 25 heavy (non-hydrogen) atoms. The minimum atomic E-state index is -0.731. The maximum Gasteiger partial charge on any atom is 0.343 e. The summed E-state index contributed by atoms with van der Waals surface area (Å²) in [6.07, 6.45) is 0. The number of hydrogen-bond donors (Lipinski definition) is 2. The Morgan fingerprint density at radius 2 is 2.16 bits per heavy atom. The molecular weight excluding hydrogens is 372 g/mol. The summed E-state index contributed by atoms with van der Waals surface area (Å²) in [4.78, 5) is 34.3. The largest absolute Gasteiger partial charge is 0.452 e. The average molecular weight is 385 g/mol. The van der Waals surface area contributed by atoms with E-state index >= 15 is 0 Å². The fourth-order valence-electron chi connectivity index (χ4n) is 1.94. The van der Waals surface area contributed by atoms with Gasteiger partial charge < -0.3 is 15.4 Å². The maximum atomic E-state index is 12.1. The van der Waals surface area contributed by atoms with Crippen LogP contribution in [0.15, 0.2) is 18.2 Å². The van der Waals surface area contributed by atoms with E-state index in [-0.39, 0.29) is 22.0 Å². The Hall–Kier alpha value is -2.72. The number of esters is 1. The van der Waals surface area contributed by atoms with Crippen molar-refractivity contribution < 1.29 is 19.2 Å². The van der Waals surface area contributed by atoms with E-state index < -0.39 is 23.4 Å². The smallest absolute Gasteiger partial charge is 0.343 e. The van der Waals surface area contributed by atoms with Crippen LogP contribution in [-0.2, 0) is 9.53 Å². The highest BCUT2D eigenvalue weighted by atomic mass is 35.5. The van der Waals surface area contributed by atoms with Crippen molar-refractivity contribution in [2.24, 2.45) is 0 Å². The molecule has 1 aromatic heterocycles. The van der Waals surface area contributed by atoms with Gasteiger partial charge in [-0.15, -0.1) is 0 Å². The van der Waals surface area contributed by atoms with Crippen molar-refractivity contribution in [3.05, 3.63) is 44.6 Å². The minimum Gasteiger partial charge on any atom is -0.452 e. The molecule has 2 N–H and O–H groups in total. The van der Waals surface area contributed by atoms with Crippen LogP contribution in [0.25, 0.3) is 0 Å². The number of aryl methyl sites for hydroxylation is 1. The average Bonchev–Trinajstić information content (AvgIpc) is 2.93. The number of carbonyl (C=O) groups excluding carboxylic acids is 2. The van der Waals surface area contributed by atoms with Gasteiger partial charge in [0.05, 0.1) is 10.6 Å². The summed E-state index contributed by atoms with van der Waals surface area (Å²) in [6.45, 7) is 1.03. The molecule has 0 spiro atoms. The molecule has 0 atom stereocenters.